The number of hydrogen-bond acceptors (Lipinski definition) is 3. The van der Waals surface area contributed by atoms with Crippen LogP contribution in [0, 0.1) is 0 Å². The van der Waals surface area contributed by atoms with E-state index < -0.39 is 18.1 Å². The van der Waals surface area contributed by atoms with Gasteiger partial charge in [0.25, 0.3) is 0 Å². The van der Waals surface area contributed by atoms with E-state index in [1.165, 1.54) is 0 Å². The predicted molar refractivity (Wildman–Crippen MR) is 67.3 cm³/mol. The van der Waals surface area contributed by atoms with Crippen LogP contribution in [0.4, 0.5) is 0 Å². The summed E-state index contributed by atoms with van der Waals surface area (Å²) in [5, 5.41) is 14.6. The molecule has 0 spiro atoms. The summed E-state index contributed by atoms with van der Waals surface area (Å²) in [6.07, 6.45) is 3.39. The molecule has 0 aromatic rings. The second-order valence-electron chi connectivity index (χ2n) is 4.35. The zero-order valence-electron chi connectivity index (χ0n) is 10.2. The van der Waals surface area contributed by atoms with Crippen molar-refractivity contribution in [2.45, 2.75) is 57.7 Å². The molecule has 0 saturated heterocycles. The molecule has 17 heavy (non-hydrogen) atoms. The molecule has 1 rings (SSSR count). The lowest BCUT2D eigenvalue weighted by molar-refractivity contribution is -0.140. The highest BCUT2D eigenvalue weighted by molar-refractivity contribution is 5.85. The van der Waals surface area contributed by atoms with Gasteiger partial charge in [-0.15, -0.1) is 12.4 Å². The minimum absolute atomic E-state index is 0. The van der Waals surface area contributed by atoms with Crippen LogP contribution in [0.25, 0.3) is 0 Å². The van der Waals surface area contributed by atoms with Crippen LogP contribution in [0.3, 0.4) is 0 Å². The smallest absolute Gasteiger partial charge is 0.320 e. The fourth-order valence-electron chi connectivity index (χ4n) is 1.50. The van der Waals surface area contributed by atoms with E-state index >= 15 is 0 Å². The van der Waals surface area contributed by atoms with Crippen LogP contribution in [0.5, 0.6) is 0 Å². The molecule has 0 aliphatic heterocycles. The molecule has 6 heteroatoms. The summed E-state index contributed by atoms with van der Waals surface area (Å²) in [4.78, 5) is 22.5. The maximum atomic E-state index is 11.6. The molecule has 0 aromatic carbocycles. The third kappa shape index (κ3) is 5.89. The van der Waals surface area contributed by atoms with Gasteiger partial charge in [-0.25, -0.2) is 0 Å². The SMILES string of the molecule is CCCC(NC(C)C(=O)NC1CC1)C(=O)O.Cl. The summed E-state index contributed by atoms with van der Waals surface area (Å²) in [6.45, 7) is 3.62. The van der Waals surface area contributed by atoms with Gasteiger partial charge in [-0.05, 0) is 26.2 Å². The van der Waals surface area contributed by atoms with Crippen molar-refractivity contribution in [3.05, 3.63) is 0 Å². The Hall–Kier alpha value is -0.810. The fourth-order valence-corrected chi connectivity index (χ4v) is 1.50. The van der Waals surface area contributed by atoms with E-state index in [0.717, 1.165) is 19.3 Å². The van der Waals surface area contributed by atoms with E-state index in [9.17, 15) is 9.59 Å². The van der Waals surface area contributed by atoms with Crippen molar-refractivity contribution in [2.75, 3.05) is 0 Å². The second kappa shape index (κ2) is 7.50. The Morgan fingerprint density at radius 3 is 2.41 bits per heavy atom. The van der Waals surface area contributed by atoms with Crippen LogP contribution in [0.2, 0.25) is 0 Å². The normalized spacial score (nSPS) is 17.8. The van der Waals surface area contributed by atoms with Crippen molar-refractivity contribution in [2.24, 2.45) is 0 Å². The van der Waals surface area contributed by atoms with Crippen LogP contribution >= 0.6 is 12.4 Å². The summed E-state index contributed by atoms with van der Waals surface area (Å²) in [7, 11) is 0. The number of nitrogens with one attached hydrogen (secondary N) is 2. The first-order valence-electron chi connectivity index (χ1n) is 5.83. The molecule has 1 saturated carbocycles. The van der Waals surface area contributed by atoms with Gasteiger partial charge < -0.3 is 10.4 Å². The Balaban J connectivity index is 0.00000256. The maximum Gasteiger partial charge on any atom is 0.320 e. The van der Waals surface area contributed by atoms with E-state index in [-0.39, 0.29) is 18.3 Å². The van der Waals surface area contributed by atoms with E-state index in [2.05, 4.69) is 10.6 Å². The van der Waals surface area contributed by atoms with Gasteiger partial charge in [0.15, 0.2) is 0 Å². The average molecular weight is 265 g/mol. The molecule has 0 radical (unpaired) electrons. The molecule has 1 fully saturated rings. The van der Waals surface area contributed by atoms with E-state index in [1.807, 2.05) is 6.92 Å². The monoisotopic (exact) mass is 264 g/mol. The molecule has 1 amide bonds. The summed E-state index contributed by atoms with van der Waals surface area (Å²) in [5.74, 6) is -1.00. The standard InChI is InChI=1S/C11H20N2O3.ClH/c1-3-4-9(11(15)16)12-7(2)10(14)13-8-5-6-8;/h7-9,12H,3-6H2,1-2H3,(H,13,14)(H,15,16);1H. The van der Waals surface area contributed by atoms with Gasteiger partial charge >= 0.3 is 5.97 Å². The number of amides is 1. The molecule has 5 nitrogen and oxygen atoms in total. The average Bonchev–Trinajstić information content (AvgIpc) is 3.00. The molecule has 0 bridgehead atoms. The first kappa shape index (κ1) is 16.2. The molecule has 0 aromatic heterocycles. The van der Waals surface area contributed by atoms with Crippen LogP contribution in [0.1, 0.15) is 39.5 Å². The van der Waals surface area contributed by atoms with Gasteiger partial charge in [-0.3, -0.25) is 14.9 Å². The minimum atomic E-state index is -0.895. The van der Waals surface area contributed by atoms with Gasteiger partial charge in [-0.1, -0.05) is 13.3 Å². The highest BCUT2D eigenvalue weighted by Crippen LogP contribution is 2.18. The zero-order chi connectivity index (χ0) is 12.1. The van der Waals surface area contributed by atoms with Crippen LogP contribution in [0.15, 0.2) is 0 Å². The molecule has 100 valence electrons. The lowest BCUT2D eigenvalue weighted by atomic mass is 10.1. The van der Waals surface area contributed by atoms with Gasteiger partial charge in [0, 0.05) is 6.04 Å². The number of carboxylic acids is 1. The number of hydrogen-bond donors (Lipinski definition) is 3. The van der Waals surface area contributed by atoms with Crippen molar-refractivity contribution >= 4 is 24.3 Å². The largest absolute Gasteiger partial charge is 0.480 e. The number of aliphatic carboxylic acids is 1. The molecule has 2 unspecified atom stereocenters. The van der Waals surface area contributed by atoms with Crippen molar-refractivity contribution < 1.29 is 14.7 Å². The van der Waals surface area contributed by atoms with Crippen molar-refractivity contribution in [3.63, 3.8) is 0 Å². The first-order chi connectivity index (χ1) is 7.54. The van der Waals surface area contributed by atoms with Crippen molar-refractivity contribution in [3.8, 4) is 0 Å². The Morgan fingerprint density at radius 1 is 1.41 bits per heavy atom. The van der Waals surface area contributed by atoms with Crippen molar-refractivity contribution in [1.29, 1.82) is 0 Å². The van der Waals surface area contributed by atoms with Crippen LogP contribution in [-0.2, 0) is 9.59 Å². The fraction of sp³-hybridized carbons (Fsp3) is 0.818. The molecule has 3 N–H and O–H groups in total. The van der Waals surface area contributed by atoms with Crippen LogP contribution in [-0.4, -0.2) is 35.1 Å². The number of halogens is 1. The van der Waals surface area contributed by atoms with Gasteiger partial charge in [-0.2, -0.15) is 0 Å². The Labute approximate surface area is 108 Å². The Morgan fingerprint density at radius 2 is 2.00 bits per heavy atom. The maximum absolute atomic E-state index is 11.6. The predicted octanol–water partition coefficient (Wildman–Crippen LogP) is 0.918. The number of carboxylic acid groups (broad SMARTS) is 1. The van der Waals surface area contributed by atoms with E-state index in [0.29, 0.717) is 12.5 Å². The Bertz CT molecular complexity index is 269. The van der Waals surface area contributed by atoms with Gasteiger partial charge in [0.1, 0.15) is 6.04 Å². The van der Waals surface area contributed by atoms with E-state index in [1.54, 1.807) is 6.92 Å². The second-order valence-corrected chi connectivity index (χ2v) is 4.35. The topological polar surface area (TPSA) is 78.4 Å². The van der Waals surface area contributed by atoms with Crippen LogP contribution < -0.4 is 10.6 Å². The Kier molecular flexibility index (Phi) is 7.15. The van der Waals surface area contributed by atoms with Gasteiger partial charge in [0.05, 0.1) is 6.04 Å². The minimum Gasteiger partial charge on any atom is -0.480 e. The summed E-state index contributed by atoms with van der Waals surface area (Å²) < 4.78 is 0. The molecule has 0 heterocycles. The number of rotatable bonds is 7. The lowest BCUT2D eigenvalue weighted by Crippen LogP contribution is -2.49. The highest BCUT2D eigenvalue weighted by Gasteiger charge is 2.27. The van der Waals surface area contributed by atoms with Crippen molar-refractivity contribution in [1.82, 2.24) is 10.6 Å². The third-order valence-corrected chi connectivity index (χ3v) is 2.64. The summed E-state index contributed by atoms with van der Waals surface area (Å²) in [6, 6.07) is -0.774. The molecule has 1 aliphatic carbocycles. The zero-order valence-corrected chi connectivity index (χ0v) is 11.0. The molecular formula is C11H21ClN2O3. The molecule has 2 atom stereocenters. The van der Waals surface area contributed by atoms with Gasteiger partial charge in [0.2, 0.25) is 5.91 Å². The third-order valence-electron chi connectivity index (χ3n) is 2.64. The summed E-state index contributed by atoms with van der Waals surface area (Å²) in [5.41, 5.74) is 0. The number of carbonyl (C=O) groups excluding carboxylic acids is 1. The first-order valence-corrected chi connectivity index (χ1v) is 5.83. The number of carbonyl (C=O) groups is 2. The molecule has 1 aliphatic rings. The molecular weight excluding hydrogens is 244 g/mol. The quantitative estimate of drug-likeness (QED) is 0.639. The lowest BCUT2D eigenvalue weighted by Gasteiger charge is -2.19. The van der Waals surface area contributed by atoms with E-state index in [4.69, 9.17) is 5.11 Å². The highest BCUT2D eigenvalue weighted by atomic mass is 35.5. The summed E-state index contributed by atoms with van der Waals surface area (Å²) >= 11 is 0.